The summed E-state index contributed by atoms with van der Waals surface area (Å²) in [6.45, 7) is 13.2. The van der Waals surface area contributed by atoms with Crippen LogP contribution >= 0.6 is 0 Å². The third kappa shape index (κ3) is 31.5. The average Bonchev–Trinajstić information content (AvgIpc) is 3.23. The monoisotopic (exact) mass is 849 g/mol. The molecule has 0 saturated heterocycles. The van der Waals surface area contributed by atoms with Gasteiger partial charge in [0.25, 0.3) is 0 Å². The zero-order valence-electron chi connectivity index (χ0n) is 40.4. The van der Waals surface area contributed by atoms with E-state index in [0.29, 0.717) is 38.2 Å². The van der Waals surface area contributed by atoms with Gasteiger partial charge in [-0.25, -0.2) is 4.79 Å². The maximum Gasteiger partial charge on any atom is 0.408 e. The van der Waals surface area contributed by atoms with Crippen molar-refractivity contribution in [2.24, 2.45) is 11.8 Å². The molecule has 2 amide bonds. The maximum atomic E-state index is 13.9. The van der Waals surface area contributed by atoms with Crippen molar-refractivity contribution in [3.8, 4) is 0 Å². The van der Waals surface area contributed by atoms with Crippen LogP contribution in [0.2, 0.25) is 0 Å². The molecule has 0 heterocycles. The van der Waals surface area contributed by atoms with Gasteiger partial charge in [0, 0.05) is 26.4 Å². The van der Waals surface area contributed by atoms with Crippen LogP contribution in [0.3, 0.4) is 0 Å². The SMILES string of the molecule is CCCCCCCCCCCCCCOCC(CNC(=O)[C@H](CC1CCC(OCC2CCCCC2)CC1)NC(=O)OC(C)(C)C)OCCCCCCCCCCCCCC. The zero-order valence-corrected chi connectivity index (χ0v) is 40.4. The average molecular weight is 849 g/mol. The summed E-state index contributed by atoms with van der Waals surface area (Å²) in [4.78, 5) is 26.8. The molecule has 8 heteroatoms. The highest BCUT2D eigenvalue weighted by molar-refractivity contribution is 5.85. The summed E-state index contributed by atoms with van der Waals surface area (Å²) in [6, 6.07) is -0.663. The molecule has 0 radical (unpaired) electrons. The van der Waals surface area contributed by atoms with Gasteiger partial charge < -0.3 is 29.6 Å². The normalized spacial score (nSPS) is 18.6. The second kappa shape index (κ2) is 37.0. The molecule has 2 saturated carbocycles. The lowest BCUT2D eigenvalue weighted by molar-refractivity contribution is -0.124. The minimum absolute atomic E-state index is 0.170. The van der Waals surface area contributed by atoms with Crippen LogP contribution in [0, 0.1) is 11.8 Å². The smallest absolute Gasteiger partial charge is 0.408 e. The molecule has 1 unspecified atom stereocenters. The molecule has 2 rings (SSSR count). The number of hydrogen-bond acceptors (Lipinski definition) is 6. The highest BCUT2D eigenvalue weighted by Gasteiger charge is 2.31. The van der Waals surface area contributed by atoms with E-state index in [1.165, 1.54) is 173 Å². The number of rotatable bonds is 38. The Balaban J connectivity index is 1.81. The molecule has 2 fully saturated rings. The predicted molar refractivity (Wildman–Crippen MR) is 252 cm³/mol. The van der Waals surface area contributed by atoms with Crippen LogP contribution in [-0.4, -0.2) is 68.8 Å². The molecule has 0 aliphatic heterocycles. The van der Waals surface area contributed by atoms with E-state index in [1.807, 2.05) is 20.8 Å². The van der Waals surface area contributed by atoms with E-state index in [-0.39, 0.29) is 12.0 Å². The largest absolute Gasteiger partial charge is 0.444 e. The number of alkyl carbamates (subject to hydrolysis) is 1. The van der Waals surface area contributed by atoms with Crippen LogP contribution in [0.5, 0.6) is 0 Å². The van der Waals surface area contributed by atoms with Gasteiger partial charge in [-0.2, -0.15) is 0 Å². The molecule has 0 aromatic rings. The summed E-state index contributed by atoms with van der Waals surface area (Å²) in [5.41, 5.74) is -0.642. The lowest BCUT2D eigenvalue weighted by Crippen LogP contribution is -2.51. The number of nitrogens with one attached hydrogen (secondary N) is 2. The first-order valence-electron chi connectivity index (χ1n) is 26.3. The van der Waals surface area contributed by atoms with Crippen molar-refractivity contribution in [2.45, 2.75) is 277 Å². The topological polar surface area (TPSA) is 95.1 Å². The van der Waals surface area contributed by atoms with Gasteiger partial charge in [-0.05, 0) is 90.4 Å². The van der Waals surface area contributed by atoms with E-state index in [1.54, 1.807) is 0 Å². The fraction of sp³-hybridized carbons (Fsp3) is 0.962. The summed E-state index contributed by atoms with van der Waals surface area (Å²) < 4.78 is 24.6. The van der Waals surface area contributed by atoms with E-state index in [2.05, 4.69) is 24.5 Å². The van der Waals surface area contributed by atoms with Crippen LogP contribution in [-0.2, 0) is 23.7 Å². The first kappa shape index (κ1) is 54.8. The first-order valence-corrected chi connectivity index (χ1v) is 26.3. The Morgan fingerprint density at radius 3 is 1.57 bits per heavy atom. The second-order valence-electron chi connectivity index (χ2n) is 20.0. The van der Waals surface area contributed by atoms with E-state index < -0.39 is 17.7 Å². The second-order valence-corrected chi connectivity index (χ2v) is 20.0. The molecule has 0 spiro atoms. The first-order chi connectivity index (χ1) is 29.2. The molecule has 2 aliphatic carbocycles. The Morgan fingerprint density at radius 1 is 0.583 bits per heavy atom. The van der Waals surface area contributed by atoms with Crippen molar-refractivity contribution < 1.29 is 28.5 Å². The zero-order chi connectivity index (χ0) is 43.4. The predicted octanol–water partition coefficient (Wildman–Crippen LogP) is 14.3. The summed E-state index contributed by atoms with van der Waals surface area (Å²) in [7, 11) is 0. The minimum atomic E-state index is -0.663. The van der Waals surface area contributed by atoms with Gasteiger partial charge in [-0.15, -0.1) is 0 Å². The van der Waals surface area contributed by atoms with Gasteiger partial charge in [0.05, 0.1) is 18.8 Å². The van der Waals surface area contributed by atoms with E-state index >= 15 is 0 Å². The molecule has 2 N–H and O–H groups in total. The van der Waals surface area contributed by atoms with Gasteiger partial charge in [-0.3, -0.25) is 4.79 Å². The molecule has 354 valence electrons. The van der Waals surface area contributed by atoms with Crippen LogP contribution in [0.25, 0.3) is 0 Å². The van der Waals surface area contributed by atoms with Gasteiger partial charge in [0.15, 0.2) is 0 Å². The minimum Gasteiger partial charge on any atom is -0.444 e. The van der Waals surface area contributed by atoms with E-state index in [0.717, 1.165) is 57.7 Å². The quantitative estimate of drug-likeness (QED) is 0.0601. The standard InChI is InChI=1S/C52H100N2O6/c1-6-8-10-12-14-16-18-20-22-24-26-31-39-57-44-48(58-40-32-27-25-23-21-19-17-15-13-11-9-7-2)42-53-50(55)49(54-51(56)60-52(3,4)5)41-45-35-37-47(38-36-45)59-43-46-33-29-28-30-34-46/h45-49H,6-44H2,1-5H3,(H,53,55)(H,54,56)/t45?,47?,48?,49-/m0/s1. The van der Waals surface area contributed by atoms with E-state index in [9.17, 15) is 9.59 Å². The summed E-state index contributed by atoms with van der Waals surface area (Å²) in [6.07, 6.45) is 42.4. The van der Waals surface area contributed by atoms with Crippen molar-refractivity contribution in [1.82, 2.24) is 10.6 Å². The highest BCUT2D eigenvalue weighted by Crippen LogP contribution is 2.31. The molecular weight excluding hydrogens is 749 g/mol. The van der Waals surface area contributed by atoms with E-state index in [4.69, 9.17) is 18.9 Å². The van der Waals surface area contributed by atoms with Gasteiger partial charge >= 0.3 is 6.09 Å². The lowest BCUT2D eigenvalue weighted by Gasteiger charge is -2.32. The number of unbranched alkanes of at least 4 members (excludes halogenated alkanes) is 22. The highest BCUT2D eigenvalue weighted by atomic mass is 16.6. The van der Waals surface area contributed by atoms with Crippen molar-refractivity contribution in [2.75, 3.05) is 33.0 Å². The summed E-state index contributed by atoms with van der Waals surface area (Å²) in [5, 5.41) is 6.10. The Hall–Kier alpha value is -1.38. The van der Waals surface area contributed by atoms with Crippen molar-refractivity contribution in [3.05, 3.63) is 0 Å². The molecule has 2 aliphatic rings. The third-order valence-corrected chi connectivity index (χ3v) is 13.0. The summed E-state index contributed by atoms with van der Waals surface area (Å²) >= 11 is 0. The lowest BCUT2D eigenvalue weighted by atomic mass is 9.83. The van der Waals surface area contributed by atoms with Crippen LogP contribution in [0.15, 0.2) is 0 Å². The van der Waals surface area contributed by atoms with Crippen molar-refractivity contribution >= 4 is 12.0 Å². The van der Waals surface area contributed by atoms with Gasteiger partial charge in [0.1, 0.15) is 11.6 Å². The molecule has 2 atom stereocenters. The third-order valence-electron chi connectivity index (χ3n) is 13.0. The van der Waals surface area contributed by atoms with Crippen LogP contribution in [0.4, 0.5) is 4.79 Å². The Morgan fingerprint density at radius 2 is 1.07 bits per heavy atom. The molecule has 8 nitrogen and oxygen atoms in total. The van der Waals surface area contributed by atoms with Crippen molar-refractivity contribution in [3.63, 3.8) is 0 Å². The van der Waals surface area contributed by atoms with Crippen LogP contribution < -0.4 is 10.6 Å². The number of carbonyl (C=O) groups is 2. The van der Waals surface area contributed by atoms with Crippen LogP contribution in [0.1, 0.15) is 253 Å². The maximum absolute atomic E-state index is 13.9. The molecule has 0 bridgehead atoms. The van der Waals surface area contributed by atoms with Gasteiger partial charge in [-0.1, -0.05) is 174 Å². The molecule has 60 heavy (non-hydrogen) atoms. The number of amides is 2. The Kier molecular flexibility index (Phi) is 33.8. The molecule has 0 aromatic heterocycles. The van der Waals surface area contributed by atoms with Gasteiger partial charge in [0.2, 0.25) is 5.91 Å². The fourth-order valence-corrected chi connectivity index (χ4v) is 9.13. The Bertz CT molecular complexity index is 989. The Labute approximate surface area is 371 Å². The number of carbonyl (C=O) groups excluding carboxylic acids is 2. The molecular formula is C52H100N2O6. The number of ether oxygens (including phenoxy) is 4. The summed E-state index contributed by atoms with van der Waals surface area (Å²) in [5.74, 6) is 0.901. The number of hydrogen-bond donors (Lipinski definition) is 2. The van der Waals surface area contributed by atoms with Crippen molar-refractivity contribution in [1.29, 1.82) is 0 Å². The fourth-order valence-electron chi connectivity index (χ4n) is 9.13. The molecule has 0 aromatic carbocycles.